The monoisotopic (exact) mass is 777 g/mol. The molecule has 0 aromatic carbocycles. The number of aliphatic carboxylic acids is 2. The van der Waals surface area contributed by atoms with Crippen molar-refractivity contribution < 1.29 is 50.4 Å². The first-order valence-corrected chi connectivity index (χ1v) is 18.7. The molecule has 2 aliphatic heterocycles. The summed E-state index contributed by atoms with van der Waals surface area (Å²) in [6, 6.07) is 7.85. The van der Waals surface area contributed by atoms with Crippen molar-refractivity contribution in [1.82, 2.24) is 25.3 Å². The standard InChI is InChI=1S/C34H38N4O5.C7H17NO5/c1-7-21-16(2)24-12-25-17(3)22(8-10-32(40)41)29(36-25)15-30-23(9-11-33(42)43)18(4)26(37-30)14-31-34(20(6)39)19(5)27(38-31)13-28(21)35-24;1-8-2-4(10)6(12)7(13)5(11)3-9/h12-15,20,35,38-39H,7-11H2,1-6H3,(H,40,41)(H,42,43);4-13H,2-3H2,1H3/t;4-,5+,6+,7+/m.0/s1. The Labute approximate surface area is 325 Å². The number of hydrogen-bond donors (Lipinski definition) is 11. The zero-order valence-electron chi connectivity index (χ0n) is 32.9. The van der Waals surface area contributed by atoms with Crippen LogP contribution in [-0.4, -0.2) is 117 Å². The van der Waals surface area contributed by atoms with Crippen molar-refractivity contribution >= 4 is 56.3 Å². The van der Waals surface area contributed by atoms with Crippen molar-refractivity contribution in [3.8, 4) is 0 Å². The van der Waals surface area contributed by atoms with Crippen molar-refractivity contribution in [1.29, 1.82) is 0 Å². The average molecular weight is 778 g/mol. The second-order valence-electron chi connectivity index (χ2n) is 14.3. The summed E-state index contributed by atoms with van der Waals surface area (Å²) in [4.78, 5) is 40.1. The zero-order chi connectivity index (χ0) is 41.6. The van der Waals surface area contributed by atoms with E-state index in [0.29, 0.717) is 23.5 Å². The molecule has 11 N–H and O–H groups in total. The highest BCUT2D eigenvalue weighted by molar-refractivity contribution is 5.96. The van der Waals surface area contributed by atoms with Crippen LogP contribution in [0, 0.1) is 13.8 Å². The van der Waals surface area contributed by atoms with E-state index >= 15 is 0 Å². The molecule has 5 heterocycles. The number of aliphatic hydroxyl groups excluding tert-OH is 6. The summed E-state index contributed by atoms with van der Waals surface area (Å²) in [7, 11) is 1.57. The van der Waals surface area contributed by atoms with Crippen LogP contribution in [0.4, 0.5) is 0 Å². The first kappa shape index (κ1) is 44.0. The minimum Gasteiger partial charge on any atom is -0.481 e. The van der Waals surface area contributed by atoms with Crippen molar-refractivity contribution in [3.05, 3.63) is 69.3 Å². The van der Waals surface area contributed by atoms with Crippen LogP contribution in [-0.2, 0) is 16.0 Å². The third-order valence-electron chi connectivity index (χ3n) is 10.4. The molecule has 8 bridgehead atoms. The minimum absolute atomic E-state index is 0.0395. The number of allylic oxidation sites excluding steroid dienone is 4. The van der Waals surface area contributed by atoms with Gasteiger partial charge in [0.25, 0.3) is 0 Å². The fourth-order valence-corrected chi connectivity index (χ4v) is 7.16. The molecular formula is C41H55N5O10. The van der Waals surface area contributed by atoms with Gasteiger partial charge in [0, 0.05) is 47.0 Å². The number of rotatable bonds is 14. The van der Waals surface area contributed by atoms with E-state index in [1.165, 1.54) is 5.56 Å². The summed E-state index contributed by atoms with van der Waals surface area (Å²) in [6.45, 7) is 11.3. The molecule has 1 unspecified atom stereocenters. The van der Waals surface area contributed by atoms with Gasteiger partial charge in [-0.1, -0.05) is 6.92 Å². The molecule has 0 saturated carbocycles. The number of carboxylic acid groups (broad SMARTS) is 2. The molecule has 15 nitrogen and oxygen atoms in total. The topological polar surface area (TPSA) is 265 Å². The quantitative estimate of drug-likeness (QED) is 0.111. The third-order valence-corrected chi connectivity index (χ3v) is 10.4. The largest absolute Gasteiger partial charge is 0.481 e. The number of aliphatic hydroxyl groups is 6. The molecule has 0 aliphatic carbocycles. The van der Waals surface area contributed by atoms with E-state index in [1.807, 2.05) is 39.0 Å². The highest BCUT2D eigenvalue weighted by Gasteiger charge is 2.29. The molecule has 0 amide bonds. The Kier molecular flexibility index (Phi) is 14.9. The van der Waals surface area contributed by atoms with Crippen molar-refractivity contribution in [2.75, 3.05) is 20.2 Å². The van der Waals surface area contributed by atoms with Crippen molar-refractivity contribution in [2.45, 2.75) is 104 Å². The second-order valence-corrected chi connectivity index (χ2v) is 14.3. The number of carbonyl (C=O) groups is 2. The number of aromatic amines is 2. The lowest BCUT2D eigenvalue weighted by Crippen LogP contribution is -2.48. The molecule has 5 atom stereocenters. The Morgan fingerprint density at radius 3 is 1.64 bits per heavy atom. The molecular weight excluding hydrogens is 722 g/mol. The van der Waals surface area contributed by atoms with E-state index < -0.39 is 49.1 Å². The fraction of sp³-hybridized carbons (Fsp3) is 0.463. The van der Waals surface area contributed by atoms with Gasteiger partial charge < -0.3 is 56.1 Å². The lowest BCUT2D eigenvalue weighted by molar-refractivity contribution is -0.137. The number of fused-ring (bicyclic) bond motifs is 8. The molecule has 3 aromatic heterocycles. The first-order valence-electron chi connectivity index (χ1n) is 18.7. The van der Waals surface area contributed by atoms with Crippen molar-refractivity contribution in [3.63, 3.8) is 0 Å². The van der Waals surface area contributed by atoms with Crippen LogP contribution in [0.5, 0.6) is 0 Å². The van der Waals surface area contributed by atoms with Crippen LogP contribution in [0.2, 0.25) is 0 Å². The maximum Gasteiger partial charge on any atom is 0.303 e. The number of aryl methyl sites for hydroxylation is 3. The molecule has 2 aliphatic rings. The lowest BCUT2D eigenvalue weighted by atomic mass is 9.98. The van der Waals surface area contributed by atoms with E-state index in [9.17, 15) is 30.0 Å². The number of likely N-dealkylation sites (N-methyl/N-ethyl adjacent to an activating group) is 1. The Bertz CT molecular complexity index is 2170. The number of hydrogen-bond acceptors (Lipinski definition) is 11. The van der Waals surface area contributed by atoms with E-state index in [2.05, 4.69) is 35.2 Å². The number of carboxylic acids is 2. The van der Waals surface area contributed by atoms with Gasteiger partial charge in [0.05, 0.1) is 41.6 Å². The molecule has 56 heavy (non-hydrogen) atoms. The highest BCUT2D eigenvalue weighted by atomic mass is 16.4. The Morgan fingerprint density at radius 1 is 0.696 bits per heavy atom. The van der Waals surface area contributed by atoms with Crippen LogP contribution < -0.4 is 5.32 Å². The predicted molar refractivity (Wildman–Crippen MR) is 214 cm³/mol. The second kappa shape index (κ2) is 18.9. The van der Waals surface area contributed by atoms with Crippen molar-refractivity contribution in [2.24, 2.45) is 0 Å². The van der Waals surface area contributed by atoms with Gasteiger partial charge in [0.15, 0.2) is 0 Å². The van der Waals surface area contributed by atoms with Crippen LogP contribution in [0.15, 0.2) is 24.3 Å². The fourth-order valence-electron chi connectivity index (χ4n) is 7.16. The number of nitrogens with zero attached hydrogens (tertiary/aromatic N) is 2. The first-order chi connectivity index (χ1) is 26.4. The third kappa shape index (κ3) is 9.79. The number of aromatic nitrogens is 4. The maximum atomic E-state index is 11.5. The summed E-state index contributed by atoms with van der Waals surface area (Å²) >= 11 is 0. The molecule has 304 valence electrons. The Hall–Kier alpha value is -4.74. The molecule has 0 fully saturated rings. The smallest absolute Gasteiger partial charge is 0.303 e. The minimum atomic E-state index is -1.55. The van der Waals surface area contributed by atoms with Crippen LogP contribution in [0.25, 0.3) is 44.4 Å². The highest BCUT2D eigenvalue weighted by Crippen LogP contribution is 2.38. The average Bonchev–Trinajstić information content (AvgIpc) is 3.81. The summed E-state index contributed by atoms with van der Waals surface area (Å²) in [5.74, 6) is -1.79. The van der Waals surface area contributed by atoms with Gasteiger partial charge in [0.2, 0.25) is 0 Å². The molecule has 15 heteroatoms. The van der Waals surface area contributed by atoms with E-state index in [0.717, 1.165) is 73.2 Å². The van der Waals surface area contributed by atoms with Gasteiger partial charge in [-0.25, -0.2) is 9.97 Å². The van der Waals surface area contributed by atoms with Gasteiger partial charge in [-0.3, -0.25) is 9.59 Å². The summed E-state index contributed by atoms with van der Waals surface area (Å²) in [5.41, 5.74) is 13.6. The molecule has 3 aromatic rings. The van der Waals surface area contributed by atoms with Gasteiger partial charge in [-0.2, -0.15) is 0 Å². The summed E-state index contributed by atoms with van der Waals surface area (Å²) < 4.78 is 0. The maximum absolute atomic E-state index is 11.5. The van der Waals surface area contributed by atoms with Crippen LogP contribution in [0.3, 0.4) is 0 Å². The molecule has 0 spiro atoms. The zero-order valence-corrected chi connectivity index (χ0v) is 32.9. The number of nitrogens with one attached hydrogen (secondary N) is 3. The molecule has 0 radical (unpaired) electrons. The summed E-state index contributed by atoms with van der Waals surface area (Å²) in [6.07, 6.45) is -5.06. The molecule has 5 rings (SSSR count). The van der Waals surface area contributed by atoms with E-state index in [1.54, 1.807) is 14.0 Å². The SMILES string of the molecule is CCc1c(C)c2cc3nc(cc4nc(cc5[nH]c(cc1[nH]2)c(C)c5C(C)O)C(C)=C4CCC(=O)O)C(CCC(=O)O)=C3C.CNC[C@H](O)[C@@H](O)[C@H](O)[C@H](O)CO. The normalized spacial score (nSPS) is 15.6. The van der Waals surface area contributed by atoms with Gasteiger partial charge >= 0.3 is 11.9 Å². The van der Waals surface area contributed by atoms with E-state index in [4.69, 9.17) is 30.4 Å². The lowest BCUT2D eigenvalue weighted by Gasteiger charge is -2.25. The van der Waals surface area contributed by atoms with Gasteiger partial charge in [-0.05, 0) is 124 Å². The van der Waals surface area contributed by atoms with E-state index in [-0.39, 0.29) is 25.8 Å². The van der Waals surface area contributed by atoms with Crippen LogP contribution in [0.1, 0.15) is 105 Å². The number of H-pyrrole nitrogens is 2. The van der Waals surface area contributed by atoms with Gasteiger partial charge in [-0.15, -0.1) is 0 Å². The predicted octanol–water partition coefficient (Wildman–Crippen LogP) is 3.78. The molecule has 0 saturated heterocycles. The van der Waals surface area contributed by atoms with Crippen LogP contribution >= 0.6 is 0 Å². The Balaban J connectivity index is 0.000000460. The summed E-state index contributed by atoms with van der Waals surface area (Å²) in [5, 5.41) is 77.2. The van der Waals surface area contributed by atoms with Gasteiger partial charge in [0.1, 0.15) is 18.3 Å². The Morgan fingerprint density at radius 2 is 1.18 bits per heavy atom.